The Labute approximate surface area is 138 Å². The summed E-state index contributed by atoms with van der Waals surface area (Å²) < 4.78 is 11.7. The third kappa shape index (κ3) is 4.89. The van der Waals surface area contributed by atoms with Crippen LogP contribution in [0.15, 0.2) is 0 Å². The zero-order valence-electron chi connectivity index (χ0n) is 14.6. The minimum absolute atomic E-state index is 0.131. The van der Waals surface area contributed by atoms with Gasteiger partial charge in [0.2, 0.25) is 5.91 Å². The number of imide groups is 1. The normalized spacial score (nSPS) is 25.5. The molecule has 0 bridgehead atoms. The number of ether oxygens (including phenoxy) is 2. The van der Waals surface area contributed by atoms with Gasteiger partial charge < -0.3 is 14.8 Å². The van der Waals surface area contributed by atoms with Crippen molar-refractivity contribution in [1.29, 1.82) is 0 Å². The van der Waals surface area contributed by atoms with E-state index in [0.717, 1.165) is 25.9 Å². The largest absolute Gasteiger partial charge is 0.347 e. The lowest BCUT2D eigenvalue weighted by atomic mass is 10.0. The molecule has 1 spiro atoms. The van der Waals surface area contributed by atoms with Crippen LogP contribution >= 0.6 is 0 Å². The molecule has 2 aliphatic heterocycles. The Bertz CT molecular complexity index is 433. The Hall–Kier alpha value is -1.18. The van der Waals surface area contributed by atoms with Crippen LogP contribution in [0.2, 0.25) is 0 Å². The molecule has 2 rings (SSSR count). The molecule has 0 radical (unpaired) electrons. The first-order valence-electron chi connectivity index (χ1n) is 8.46. The second-order valence-electron chi connectivity index (χ2n) is 6.96. The number of urea groups is 1. The van der Waals surface area contributed by atoms with Crippen LogP contribution in [0, 0.1) is 5.92 Å². The fourth-order valence-electron chi connectivity index (χ4n) is 2.94. The number of carbonyl (C=O) groups excluding carboxylic acids is 2. The van der Waals surface area contributed by atoms with E-state index in [9.17, 15) is 9.59 Å². The van der Waals surface area contributed by atoms with E-state index >= 15 is 0 Å². The van der Waals surface area contributed by atoms with Gasteiger partial charge in [-0.15, -0.1) is 0 Å². The first kappa shape index (κ1) is 18.2. The third-order valence-corrected chi connectivity index (χ3v) is 4.39. The second kappa shape index (κ2) is 7.59. The standard InChI is InChI=1S/C16H29N3O4/c1-11(2)9-17-15(21)18-14(20)13(4)19-7-5-16(6-8-19)22-10-12(3)23-16/h11-13H,5-10H2,1-4H3,(H2,17,18,20,21). The van der Waals surface area contributed by atoms with E-state index < -0.39 is 11.8 Å². The highest BCUT2D eigenvalue weighted by molar-refractivity contribution is 5.96. The molecule has 2 aliphatic rings. The van der Waals surface area contributed by atoms with Crippen LogP contribution in [0.1, 0.15) is 40.5 Å². The molecule has 0 aromatic heterocycles. The van der Waals surface area contributed by atoms with E-state index in [1.807, 2.05) is 27.7 Å². The minimum atomic E-state index is -0.471. The Balaban J connectivity index is 1.76. The number of nitrogens with zero attached hydrogens (tertiary/aromatic N) is 1. The van der Waals surface area contributed by atoms with Crippen LogP contribution in [0.25, 0.3) is 0 Å². The molecule has 7 heteroatoms. The van der Waals surface area contributed by atoms with Crippen molar-refractivity contribution in [2.45, 2.75) is 58.5 Å². The number of hydrogen-bond acceptors (Lipinski definition) is 5. The topological polar surface area (TPSA) is 79.9 Å². The molecule has 2 fully saturated rings. The van der Waals surface area contributed by atoms with Crippen molar-refractivity contribution in [3.63, 3.8) is 0 Å². The molecule has 3 amide bonds. The molecule has 2 atom stereocenters. The van der Waals surface area contributed by atoms with Crippen molar-refractivity contribution in [3.8, 4) is 0 Å². The van der Waals surface area contributed by atoms with Gasteiger partial charge in [-0.05, 0) is 19.8 Å². The smallest absolute Gasteiger partial charge is 0.321 e. The lowest BCUT2D eigenvalue weighted by Crippen LogP contribution is -2.54. The highest BCUT2D eigenvalue weighted by atomic mass is 16.7. The summed E-state index contributed by atoms with van der Waals surface area (Å²) in [7, 11) is 0. The van der Waals surface area contributed by atoms with Crippen molar-refractivity contribution in [2.24, 2.45) is 5.92 Å². The molecule has 2 saturated heterocycles. The Morgan fingerprint density at radius 2 is 1.91 bits per heavy atom. The summed E-state index contributed by atoms with van der Waals surface area (Å²) in [5.74, 6) is -0.398. The molecule has 23 heavy (non-hydrogen) atoms. The van der Waals surface area contributed by atoms with Gasteiger partial charge in [0.1, 0.15) is 0 Å². The van der Waals surface area contributed by atoms with Gasteiger partial charge in [-0.1, -0.05) is 13.8 Å². The van der Waals surface area contributed by atoms with E-state index in [-0.39, 0.29) is 18.1 Å². The summed E-state index contributed by atoms with van der Waals surface area (Å²) in [6.07, 6.45) is 1.62. The third-order valence-electron chi connectivity index (χ3n) is 4.39. The Morgan fingerprint density at radius 3 is 2.43 bits per heavy atom. The Kier molecular flexibility index (Phi) is 6.00. The summed E-state index contributed by atoms with van der Waals surface area (Å²) >= 11 is 0. The summed E-state index contributed by atoms with van der Waals surface area (Å²) in [5, 5.41) is 5.09. The monoisotopic (exact) mass is 327 g/mol. The lowest BCUT2D eigenvalue weighted by Gasteiger charge is -2.39. The minimum Gasteiger partial charge on any atom is -0.347 e. The summed E-state index contributed by atoms with van der Waals surface area (Å²) in [6, 6.07) is -0.781. The molecule has 0 aromatic rings. The van der Waals surface area contributed by atoms with E-state index in [0.29, 0.717) is 19.1 Å². The molecular formula is C16H29N3O4. The quantitative estimate of drug-likeness (QED) is 0.808. The van der Waals surface area contributed by atoms with Crippen LogP contribution in [0.3, 0.4) is 0 Å². The molecule has 0 saturated carbocycles. The maximum absolute atomic E-state index is 12.2. The highest BCUT2D eigenvalue weighted by Crippen LogP contribution is 2.34. The molecule has 132 valence electrons. The van der Waals surface area contributed by atoms with Gasteiger partial charge in [-0.2, -0.15) is 0 Å². The maximum atomic E-state index is 12.2. The van der Waals surface area contributed by atoms with Crippen molar-refractivity contribution < 1.29 is 19.1 Å². The number of nitrogens with one attached hydrogen (secondary N) is 2. The van der Waals surface area contributed by atoms with Crippen molar-refractivity contribution >= 4 is 11.9 Å². The van der Waals surface area contributed by atoms with Gasteiger partial charge in [0.25, 0.3) is 0 Å². The van der Waals surface area contributed by atoms with Gasteiger partial charge in [0.05, 0.1) is 18.8 Å². The maximum Gasteiger partial charge on any atom is 0.321 e. The second-order valence-corrected chi connectivity index (χ2v) is 6.96. The molecule has 0 aromatic carbocycles. The van der Waals surface area contributed by atoms with Crippen LogP contribution in [-0.2, 0) is 14.3 Å². The molecule has 2 heterocycles. The summed E-state index contributed by atoms with van der Waals surface area (Å²) in [4.78, 5) is 25.9. The number of likely N-dealkylation sites (tertiary alicyclic amines) is 1. The SMILES string of the molecule is CC(C)CNC(=O)NC(=O)C(C)N1CCC2(CC1)OCC(C)O2. The first-order chi connectivity index (χ1) is 10.8. The fourth-order valence-corrected chi connectivity index (χ4v) is 2.94. The molecule has 7 nitrogen and oxygen atoms in total. The number of hydrogen-bond donors (Lipinski definition) is 2. The average Bonchev–Trinajstić information content (AvgIpc) is 2.86. The van der Waals surface area contributed by atoms with Gasteiger partial charge in [-0.3, -0.25) is 15.0 Å². The highest BCUT2D eigenvalue weighted by Gasteiger charge is 2.43. The predicted molar refractivity (Wildman–Crippen MR) is 85.9 cm³/mol. The zero-order chi connectivity index (χ0) is 17.0. The van der Waals surface area contributed by atoms with Crippen LogP contribution in [0.5, 0.6) is 0 Å². The van der Waals surface area contributed by atoms with E-state index in [4.69, 9.17) is 9.47 Å². The van der Waals surface area contributed by atoms with Crippen LogP contribution in [-0.4, -0.2) is 61.0 Å². The van der Waals surface area contributed by atoms with Crippen molar-refractivity contribution in [3.05, 3.63) is 0 Å². The van der Waals surface area contributed by atoms with E-state index in [2.05, 4.69) is 15.5 Å². The van der Waals surface area contributed by atoms with Gasteiger partial charge >= 0.3 is 6.03 Å². The number of rotatable bonds is 4. The zero-order valence-corrected chi connectivity index (χ0v) is 14.6. The van der Waals surface area contributed by atoms with E-state index in [1.54, 1.807) is 0 Å². The number of amides is 3. The first-order valence-corrected chi connectivity index (χ1v) is 8.46. The van der Waals surface area contributed by atoms with Crippen molar-refractivity contribution in [2.75, 3.05) is 26.2 Å². The number of piperidine rings is 1. The van der Waals surface area contributed by atoms with Gasteiger partial charge in [0.15, 0.2) is 5.79 Å². The van der Waals surface area contributed by atoms with Crippen molar-refractivity contribution in [1.82, 2.24) is 15.5 Å². The predicted octanol–water partition coefficient (Wildman–Crippen LogP) is 1.08. The molecule has 2 N–H and O–H groups in total. The van der Waals surface area contributed by atoms with Gasteiger partial charge in [-0.25, -0.2) is 4.79 Å². The lowest BCUT2D eigenvalue weighted by molar-refractivity contribution is -0.195. The van der Waals surface area contributed by atoms with Crippen LogP contribution < -0.4 is 10.6 Å². The average molecular weight is 327 g/mol. The summed E-state index contributed by atoms with van der Waals surface area (Å²) in [5.41, 5.74) is 0. The number of carbonyl (C=O) groups is 2. The van der Waals surface area contributed by atoms with Gasteiger partial charge in [0, 0.05) is 32.5 Å². The molecular weight excluding hydrogens is 298 g/mol. The molecule has 2 unspecified atom stereocenters. The summed E-state index contributed by atoms with van der Waals surface area (Å²) in [6.45, 7) is 10.4. The van der Waals surface area contributed by atoms with E-state index in [1.165, 1.54) is 0 Å². The molecule has 0 aliphatic carbocycles. The Morgan fingerprint density at radius 1 is 1.26 bits per heavy atom. The fraction of sp³-hybridized carbons (Fsp3) is 0.875. The van der Waals surface area contributed by atoms with Crippen LogP contribution in [0.4, 0.5) is 4.79 Å².